The van der Waals surface area contributed by atoms with Gasteiger partial charge in [0.05, 0.1) is 5.52 Å². The highest BCUT2D eigenvalue weighted by atomic mass is 16.5. The van der Waals surface area contributed by atoms with Crippen LogP contribution in [0.4, 0.5) is 5.69 Å². The van der Waals surface area contributed by atoms with Crippen LogP contribution in [0.3, 0.4) is 0 Å². The average Bonchev–Trinajstić information content (AvgIpc) is 2.49. The van der Waals surface area contributed by atoms with Crippen molar-refractivity contribution in [2.24, 2.45) is 0 Å². The smallest absolute Gasteiger partial charge is 0.128 e. The highest BCUT2D eigenvalue weighted by Crippen LogP contribution is 2.29. The van der Waals surface area contributed by atoms with Crippen LogP contribution in [0.25, 0.3) is 10.9 Å². The maximum Gasteiger partial charge on any atom is 0.128 e. The number of pyridine rings is 1. The van der Waals surface area contributed by atoms with Crippen LogP contribution < -0.4 is 10.1 Å². The second-order valence-corrected chi connectivity index (χ2v) is 5.16. The largest absolute Gasteiger partial charge is 0.457 e. The summed E-state index contributed by atoms with van der Waals surface area (Å²) in [4.78, 5) is 4.55. The quantitative estimate of drug-likeness (QED) is 0.755. The van der Waals surface area contributed by atoms with Crippen molar-refractivity contribution < 1.29 is 4.74 Å². The molecule has 21 heavy (non-hydrogen) atoms. The van der Waals surface area contributed by atoms with E-state index in [4.69, 9.17) is 4.74 Å². The summed E-state index contributed by atoms with van der Waals surface area (Å²) in [5.41, 5.74) is 4.25. The van der Waals surface area contributed by atoms with Crippen molar-refractivity contribution >= 4 is 16.6 Å². The number of anilines is 1. The van der Waals surface area contributed by atoms with Crippen LogP contribution in [-0.4, -0.2) is 12.0 Å². The van der Waals surface area contributed by atoms with E-state index in [2.05, 4.69) is 17.2 Å². The van der Waals surface area contributed by atoms with Gasteiger partial charge in [-0.15, -0.1) is 0 Å². The standard InChI is InChI=1S/C18H18N2O/c1-12-4-6-14(7-5-12)21-15-8-9-17-16(11-15)18(19-3)10-13(2)20-17/h4-11H,1-3H3,(H,19,20). The van der Waals surface area contributed by atoms with Crippen molar-refractivity contribution in [3.05, 3.63) is 59.8 Å². The Morgan fingerprint density at radius 3 is 2.33 bits per heavy atom. The molecule has 3 aromatic rings. The number of nitrogens with zero attached hydrogens (tertiary/aromatic N) is 1. The number of fused-ring (bicyclic) bond motifs is 1. The molecule has 0 radical (unpaired) electrons. The Labute approximate surface area is 124 Å². The Bertz CT molecular complexity index is 779. The summed E-state index contributed by atoms with van der Waals surface area (Å²) < 4.78 is 5.92. The SMILES string of the molecule is CNc1cc(C)nc2ccc(Oc3ccc(C)cc3)cc12. The van der Waals surface area contributed by atoms with Gasteiger partial charge >= 0.3 is 0 Å². The van der Waals surface area contributed by atoms with Crippen molar-refractivity contribution in [1.29, 1.82) is 0 Å². The number of hydrogen-bond acceptors (Lipinski definition) is 3. The molecule has 0 atom stereocenters. The van der Waals surface area contributed by atoms with Gasteiger partial charge in [-0.3, -0.25) is 4.98 Å². The first-order valence-corrected chi connectivity index (χ1v) is 6.99. The molecule has 3 heteroatoms. The average molecular weight is 278 g/mol. The molecular weight excluding hydrogens is 260 g/mol. The molecule has 106 valence electrons. The van der Waals surface area contributed by atoms with Gasteiger partial charge in [-0.2, -0.15) is 0 Å². The molecule has 3 rings (SSSR count). The minimum atomic E-state index is 0.813. The van der Waals surface area contributed by atoms with Crippen LogP contribution >= 0.6 is 0 Å². The van der Waals surface area contributed by atoms with Gasteiger partial charge in [0.25, 0.3) is 0 Å². The van der Waals surface area contributed by atoms with Gasteiger partial charge in [-0.05, 0) is 50.2 Å². The van der Waals surface area contributed by atoms with E-state index in [-0.39, 0.29) is 0 Å². The molecule has 0 unspecified atom stereocenters. The molecule has 0 spiro atoms. The molecule has 0 amide bonds. The highest BCUT2D eigenvalue weighted by molar-refractivity contribution is 5.92. The van der Waals surface area contributed by atoms with Gasteiger partial charge in [-0.25, -0.2) is 0 Å². The second kappa shape index (κ2) is 5.44. The van der Waals surface area contributed by atoms with Gasteiger partial charge in [-0.1, -0.05) is 17.7 Å². The van der Waals surface area contributed by atoms with Crippen LogP contribution in [0, 0.1) is 13.8 Å². The van der Waals surface area contributed by atoms with E-state index in [1.54, 1.807) is 0 Å². The molecule has 1 heterocycles. The van der Waals surface area contributed by atoms with Crippen molar-refractivity contribution in [2.45, 2.75) is 13.8 Å². The number of ether oxygens (including phenoxy) is 1. The number of hydrogen-bond donors (Lipinski definition) is 1. The molecule has 1 N–H and O–H groups in total. The predicted octanol–water partition coefficient (Wildman–Crippen LogP) is 4.69. The predicted molar refractivity (Wildman–Crippen MR) is 87.3 cm³/mol. The lowest BCUT2D eigenvalue weighted by atomic mass is 10.1. The zero-order valence-corrected chi connectivity index (χ0v) is 12.5. The number of nitrogens with one attached hydrogen (secondary N) is 1. The first-order chi connectivity index (χ1) is 10.2. The minimum Gasteiger partial charge on any atom is -0.457 e. The van der Waals surface area contributed by atoms with Gasteiger partial charge in [0.1, 0.15) is 11.5 Å². The number of aryl methyl sites for hydroxylation is 2. The Hall–Kier alpha value is -2.55. The maximum atomic E-state index is 5.92. The van der Waals surface area contributed by atoms with E-state index < -0.39 is 0 Å². The van der Waals surface area contributed by atoms with Crippen LogP contribution in [-0.2, 0) is 0 Å². The molecule has 0 saturated heterocycles. The van der Waals surface area contributed by atoms with Gasteiger partial charge in [0, 0.05) is 23.8 Å². The highest BCUT2D eigenvalue weighted by Gasteiger charge is 2.05. The monoisotopic (exact) mass is 278 g/mol. The fourth-order valence-corrected chi connectivity index (χ4v) is 2.35. The third-order valence-electron chi connectivity index (χ3n) is 3.43. The van der Waals surface area contributed by atoms with E-state index in [1.165, 1.54) is 5.56 Å². The lowest BCUT2D eigenvalue weighted by Crippen LogP contribution is -1.94. The normalized spacial score (nSPS) is 10.6. The van der Waals surface area contributed by atoms with E-state index in [1.807, 2.05) is 62.5 Å². The summed E-state index contributed by atoms with van der Waals surface area (Å²) in [5.74, 6) is 1.65. The molecular formula is C18H18N2O. The van der Waals surface area contributed by atoms with Crippen LogP contribution in [0.15, 0.2) is 48.5 Å². The van der Waals surface area contributed by atoms with Crippen molar-refractivity contribution in [1.82, 2.24) is 4.98 Å². The fraction of sp³-hybridized carbons (Fsp3) is 0.167. The summed E-state index contributed by atoms with van der Waals surface area (Å²) in [7, 11) is 1.92. The van der Waals surface area contributed by atoms with Crippen molar-refractivity contribution in [2.75, 3.05) is 12.4 Å². The summed E-state index contributed by atoms with van der Waals surface area (Å²) in [6.07, 6.45) is 0. The van der Waals surface area contributed by atoms with Crippen LogP contribution in [0.2, 0.25) is 0 Å². The van der Waals surface area contributed by atoms with Gasteiger partial charge in [0.15, 0.2) is 0 Å². The molecule has 0 aliphatic rings. The first-order valence-electron chi connectivity index (χ1n) is 6.99. The van der Waals surface area contributed by atoms with Crippen molar-refractivity contribution in [3.63, 3.8) is 0 Å². The lowest BCUT2D eigenvalue weighted by molar-refractivity contribution is 0.483. The second-order valence-electron chi connectivity index (χ2n) is 5.16. The van der Waals surface area contributed by atoms with Crippen molar-refractivity contribution in [3.8, 4) is 11.5 Å². The van der Waals surface area contributed by atoms with Crippen LogP contribution in [0.1, 0.15) is 11.3 Å². The number of aromatic nitrogens is 1. The minimum absolute atomic E-state index is 0.813. The Balaban J connectivity index is 2.00. The molecule has 0 aliphatic carbocycles. The molecule has 2 aromatic carbocycles. The van der Waals surface area contributed by atoms with Gasteiger partial charge < -0.3 is 10.1 Å². The summed E-state index contributed by atoms with van der Waals surface area (Å²) in [5, 5.41) is 4.28. The van der Waals surface area contributed by atoms with E-state index in [0.717, 1.165) is 33.8 Å². The Kier molecular flexibility index (Phi) is 3.48. The van der Waals surface area contributed by atoms with E-state index in [9.17, 15) is 0 Å². The third-order valence-corrected chi connectivity index (χ3v) is 3.43. The molecule has 0 aliphatic heterocycles. The topological polar surface area (TPSA) is 34.2 Å². The molecule has 0 saturated carbocycles. The summed E-state index contributed by atoms with van der Waals surface area (Å²) in [6, 6.07) is 16.0. The molecule has 0 fully saturated rings. The zero-order valence-electron chi connectivity index (χ0n) is 12.5. The van der Waals surface area contributed by atoms with Crippen LogP contribution in [0.5, 0.6) is 11.5 Å². The maximum absolute atomic E-state index is 5.92. The molecule has 1 aromatic heterocycles. The Morgan fingerprint density at radius 2 is 1.62 bits per heavy atom. The summed E-state index contributed by atoms with van der Waals surface area (Å²) >= 11 is 0. The third kappa shape index (κ3) is 2.82. The molecule has 3 nitrogen and oxygen atoms in total. The lowest BCUT2D eigenvalue weighted by Gasteiger charge is -2.10. The number of benzene rings is 2. The van der Waals surface area contributed by atoms with Gasteiger partial charge in [0.2, 0.25) is 0 Å². The first kappa shape index (κ1) is 13.4. The van der Waals surface area contributed by atoms with E-state index >= 15 is 0 Å². The van der Waals surface area contributed by atoms with E-state index in [0.29, 0.717) is 0 Å². The fourth-order valence-electron chi connectivity index (χ4n) is 2.35. The molecule has 0 bridgehead atoms. The summed E-state index contributed by atoms with van der Waals surface area (Å²) in [6.45, 7) is 4.06. The number of rotatable bonds is 3. The Morgan fingerprint density at radius 1 is 0.905 bits per heavy atom. The zero-order chi connectivity index (χ0) is 14.8.